The van der Waals surface area contributed by atoms with Crippen molar-refractivity contribution in [2.24, 2.45) is 5.73 Å². The standard InChI is InChI=1S/C16H13ClN4/c17-13-6-2-1-5-12(13)16-20-11(10-18)9-15(21-16)14-7-3-4-8-19-14/h1-9H,10,18H2. The maximum atomic E-state index is 6.23. The van der Waals surface area contributed by atoms with Gasteiger partial charge in [0.2, 0.25) is 0 Å². The number of aromatic nitrogens is 3. The molecule has 1 aromatic carbocycles. The van der Waals surface area contributed by atoms with Crippen LogP contribution in [0.1, 0.15) is 5.69 Å². The van der Waals surface area contributed by atoms with Crippen LogP contribution >= 0.6 is 11.6 Å². The predicted molar refractivity (Wildman–Crippen MR) is 83.6 cm³/mol. The van der Waals surface area contributed by atoms with Gasteiger partial charge in [-0.25, -0.2) is 9.97 Å². The van der Waals surface area contributed by atoms with E-state index in [0.717, 1.165) is 22.6 Å². The van der Waals surface area contributed by atoms with Gasteiger partial charge in [-0.05, 0) is 30.3 Å². The number of benzene rings is 1. The third kappa shape index (κ3) is 2.91. The Labute approximate surface area is 127 Å². The lowest BCUT2D eigenvalue weighted by Gasteiger charge is -2.08. The van der Waals surface area contributed by atoms with E-state index in [1.54, 1.807) is 6.20 Å². The van der Waals surface area contributed by atoms with Gasteiger partial charge in [0, 0.05) is 18.3 Å². The van der Waals surface area contributed by atoms with Crippen molar-refractivity contribution in [3.63, 3.8) is 0 Å². The molecule has 21 heavy (non-hydrogen) atoms. The quantitative estimate of drug-likeness (QED) is 0.805. The molecule has 2 heterocycles. The number of nitrogens with two attached hydrogens (primary N) is 1. The predicted octanol–water partition coefficient (Wildman–Crippen LogP) is 3.32. The zero-order chi connectivity index (χ0) is 14.7. The largest absolute Gasteiger partial charge is 0.325 e. The molecule has 0 atom stereocenters. The molecule has 0 bridgehead atoms. The molecule has 2 aromatic heterocycles. The van der Waals surface area contributed by atoms with E-state index in [4.69, 9.17) is 17.3 Å². The van der Waals surface area contributed by atoms with Gasteiger partial charge in [-0.15, -0.1) is 0 Å². The Balaban J connectivity index is 2.17. The van der Waals surface area contributed by atoms with E-state index in [0.29, 0.717) is 17.4 Å². The SMILES string of the molecule is NCc1cc(-c2ccccn2)nc(-c2ccccc2Cl)n1. The van der Waals surface area contributed by atoms with Gasteiger partial charge in [-0.3, -0.25) is 4.98 Å². The second kappa shape index (κ2) is 5.99. The summed E-state index contributed by atoms with van der Waals surface area (Å²) in [5, 5.41) is 0.610. The summed E-state index contributed by atoms with van der Waals surface area (Å²) in [5.41, 5.74) is 8.79. The first kappa shape index (κ1) is 13.7. The van der Waals surface area contributed by atoms with Crippen LogP contribution in [0.5, 0.6) is 0 Å². The van der Waals surface area contributed by atoms with Crippen LogP contribution in [-0.4, -0.2) is 15.0 Å². The maximum Gasteiger partial charge on any atom is 0.161 e. The van der Waals surface area contributed by atoms with Crippen LogP contribution in [0.15, 0.2) is 54.7 Å². The van der Waals surface area contributed by atoms with Gasteiger partial charge in [0.05, 0.1) is 22.1 Å². The molecular formula is C16H13ClN4. The van der Waals surface area contributed by atoms with Crippen molar-refractivity contribution >= 4 is 11.6 Å². The molecule has 0 spiro atoms. The monoisotopic (exact) mass is 296 g/mol. The summed E-state index contributed by atoms with van der Waals surface area (Å²) in [6.45, 7) is 0.333. The summed E-state index contributed by atoms with van der Waals surface area (Å²) in [5.74, 6) is 0.559. The Morgan fingerprint density at radius 2 is 1.76 bits per heavy atom. The molecule has 0 saturated heterocycles. The number of hydrogen-bond donors (Lipinski definition) is 1. The zero-order valence-electron chi connectivity index (χ0n) is 11.2. The van der Waals surface area contributed by atoms with Gasteiger partial charge in [-0.1, -0.05) is 29.8 Å². The van der Waals surface area contributed by atoms with Gasteiger partial charge in [0.25, 0.3) is 0 Å². The van der Waals surface area contributed by atoms with E-state index in [9.17, 15) is 0 Å². The highest BCUT2D eigenvalue weighted by atomic mass is 35.5. The molecule has 5 heteroatoms. The van der Waals surface area contributed by atoms with Crippen molar-refractivity contribution in [1.82, 2.24) is 15.0 Å². The lowest BCUT2D eigenvalue weighted by Crippen LogP contribution is -2.04. The van der Waals surface area contributed by atoms with Crippen molar-refractivity contribution in [2.75, 3.05) is 0 Å². The molecule has 0 unspecified atom stereocenters. The van der Waals surface area contributed by atoms with Gasteiger partial charge in [0.1, 0.15) is 0 Å². The van der Waals surface area contributed by atoms with Crippen LogP contribution < -0.4 is 5.73 Å². The Bertz CT molecular complexity index is 759. The molecule has 0 aliphatic carbocycles. The van der Waals surface area contributed by atoms with E-state index in [2.05, 4.69) is 15.0 Å². The minimum absolute atomic E-state index is 0.333. The first-order valence-corrected chi connectivity index (χ1v) is 6.90. The summed E-state index contributed by atoms with van der Waals surface area (Å²) in [4.78, 5) is 13.3. The zero-order valence-corrected chi connectivity index (χ0v) is 12.0. The first-order valence-electron chi connectivity index (χ1n) is 6.52. The molecule has 0 radical (unpaired) electrons. The third-order valence-corrected chi connectivity index (χ3v) is 3.36. The summed E-state index contributed by atoms with van der Waals surface area (Å²) in [7, 11) is 0. The molecular weight excluding hydrogens is 284 g/mol. The second-order valence-corrected chi connectivity index (χ2v) is 4.87. The smallest absolute Gasteiger partial charge is 0.161 e. The fourth-order valence-corrected chi connectivity index (χ4v) is 2.23. The van der Waals surface area contributed by atoms with Crippen molar-refractivity contribution < 1.29 is 0 Å². The van der Waals surface area contributed by atoms with Gasteiger partial charge in [-0.2, -0.15) is 0 Å². The molecule has 3 rings (SSSR count). The highest BCUT2D eigenvalue weighted by molar-refractivity contribution is 6.33. The Kier molecular flexibility index (Phi) is 3.90. The van der Waals surface area contributed by atoms with Crippen molar-refractivity contribution in [3.05, 3.63) is 65.4 Å². The Hall–Kier alpha value is -2.30. The highest BCUT2D eigenvalue weighted by Gasteiger charge is 2.11. The van der Waals surface area contributed by atoms with Gasteiger partial charge >= 0.3 is 0 Å². The molecule has 0 aliphatic rings. The summed E-state index contributed by atoms with van der Waals surface area (Å²) >= 11 is 6.23. The fourth-order valence-electron chi connectivity index (χ4n) is 2.01. The van der Waals surface area contributed by atoms with Gasteiger partial charge in [0.15, 0.2) is 5.82 Å². The first-order chi connectivity index (χ1) is 10.3. The van der Waals surface area contributed by atoms with E-state index in [-0.39, 0.29) is 0 Å². The van der Waals surface area contributed by atoms with E-state index < -0.39 is 0 Å². The summed E-state index contributed by atoms with van der Waals surface area (Å²) < 4.78 is 0. The molecule has 0 aliphatic heterocycles. The molecule has 3 aromatic rings. The molecule has 104 valence electrons. The van der Waals surface area contributed by atoms with E-state index >= 15 is 0 Å². The lowest BCUT2D eigenvalue weighted by molar-refractivity contribution is 0.970. The summed E-state index contributed by atoms with van der Waals surface area (Å²) in [6, 6.07) is 15.0. The fraction of sp³-hybridized carbons (Fsp3) is 0.0625. The highest BCUT2D eigenvalue weighted by Crippen LogP contribution is 2.26. The number of nitrogens with zero attached hydrogens (tertiary/aromatic N) is 3. The molecule has 0 fully saturated rings. The van der Waals surface area contributed by atoms with Crippen LogP contribution in [0, 0.1) is 0 Å². The Morgan fingerprint density at radius 3 is 2.48 bits per heavy atom. The van der Waals surface area contributed by atoms with Crippen LogP contribution in [-0.2, 0) is 6.54 Å². The number of hydrogen-bond acceptors (Lipinski definition) is 4. The number of rotatable bonds is 3. The van der Waals surface area contributed by atoms with Crippen LogP contribution in [0.4, 0.5) is 0 Å². The average molecular weight is 297 g/mol. The maximum absolute atomic E-state index is 6.23. The van der Waals surface area contributed by atoms with Crippen molar-refractivity contribution in [1.29, 1.82) is 0 Å². The van der Waals surface area contributed by atoms with Gasteiger partial charge < -0.3 is 5.73 Å². The molecule has 4 nitrogen and oxygen atoms in total. The number of pyridine rings is 1. The normalized spacial score (nSPS) is 10.6. The summed E-state index contributed by atoms with van der Waals surface area (Å²) in [6.07, 6.45) is 1.73. The van der Waals surface area contributed by atoms with Crippen molar-refractivity contribution in [3.8, 4) is 22.8 Å². The molecule has 0 saturated carbocycles. The van der Waals surface area contributed by atoms with Crippen molar-refractivity contribution in [2.45, 2.75) is 6.54 Å². The second-order valence-electron chi connectivity index (χ2n) is 4.47. The number of halogens is 1. The minimum atomic E-state index is 0.333. The minimum Gasteiger partial charge on any atom is -0.325 e. The molecule has 2 N–H and O–H groups in total. The average Bonchev–Trinajstić information content (AvgIpc) is 2.55. The van der Waals surface area contributed by atoms with E-state index in [1.807, 2.05) is 48.5 Å². The van der Waals surface area contributed by atoms with Crippen LogP contribution in [0.25, 0.3) is 22.8 Å². The Morgan fingerprint density at radius 1 is 0.952 bits per heavy atom. The van der Waals surface area contributed by atoms with Crippen LogP contribution in [0.2, 0.25) is 5.02 Å². The third-order valence-electron chi connectivity index (χ3n) is 3.03. The molecule has 0 amide bonds. The van der Waals surface area contributed by atoms with Crippen LogP contribution in [0.3, 0.4) is 0 Å². The lowest BCUT2D eigenvalue weighted by atomic mass is 10.1. The van der Waals surface area contributed by atoms with E-state index in [1.165, 1.54) is 0 Å². The topological polar surface area (TPSA) is 64.7 Å².